The van der Waals surface area contributed by atoms with Crippen LogP contribution in [0.4, 0.5) is 0 Å². The van der Waals surface area contributed by atoms with Crippen LogP contribution in [0.3, 0.4) is 0 Å². The summed E-state index contributed by atoms with van der Waals surface area (Å²) >= 11 is 1.92. The van der Waals surface area contributed by atoms with Crippen molar-refractivity contribution in [3.8, 4) is 0 Å². The zero-order valence-corrected chi connectivity index (χ0v) is 6.93. The molecule has 0 rings (SSSR count). The van der Waals surface area contributed by atoms with Crippen LogP contribution in [0.5, 0.6) is 0 Å². The van der Waals surface area contributed by atoms with Crippen molar-refractivity contribution < 1.29 is 9.53 Å². The van der Waals surface area contributed by atoms with Crippen LogP contribution < -0.4 is 0 Å². The van der Waals surface area contributed by atoms with Crippen molar-refractivity contribution in [3.63, 3.8) is 0 Å². The lowest BCUT2D eigenvalue weighted by Crippen LogP contribution is -1.97. The van der Waals surface area contributed by atoms with E-state index in [0.717, 1.165) is 0 Å². The highest BCUT2D eigenvalue weighted by Crippen LogP contribution is 2.05. The molecule has 0 saturated carbocycles. The summed E-state index contributed by atoms with van der Waals surface area (Å²) in [4.78, 5) is 10.4. The smallest absolute Gasteiger partial charge is 0.343 e. The van der Waals surface area contributed by atoms with Crippen LogP contribution in [0.15, 0.2) is 9.66 Å². The summed E-state index contributed by atoms with van der Waals surface area (Å²) in [5.41, 5.74) is 0. The number of hydrogen-bond acceptors (Lipinski definition) is 2. The van der Waals surface area contributed by atoms with Gasteiger partial charge in [0.1, 0.15) is 0 Å². The Bertz CT molecular complexity index is 118. The Hall–Kier alpha value is -0.0600. The van der Waals surface area contributed by atoms with Gasteiger partial charge < -0.3 is 4.74 Å². The van der Waals surface area contributed by atoms with Gasteiger partial charge >= 0.3 is 5.97 Å². The predicted molar refractivity (Wildman–Crippen MR) is 39.8 cm³/mol. The second-order valence-electron chi connectivity index (χ2n) is 1.13. The lowest BCUT2D eigenvalue weighted by Gasteiger charge is -1.92. The molecule has 3 heteroatoms. The Morgan fingerprint density at radius 3 is 2.38 bits per heavy atom. The fourth-order valence-corrected chi connectivity index (χ4v) is 0.436. The minimum Gasteiger partial charge on any atom is -0.465 e. The number of allylic oxidation sites excluding steroid dienone is 1. The fourth-order valence-electron chi connectivity index (χ4n) is 0.215. The van der Waals surface area contributed by atoms with E-state index in [2.05, 4.69) is 4.74 Å². The summed E-state index contributed by atoms with van der Waals surface area (Å²) < 4.78 is 5.00. The molecule has 2 nitrogen and oxygen atoms in total. The molecule has 0 aliphatic heterocycles. The highest BCUT2D eigenvalue weighted by Gasteiger charge is 2.00. The molecular formula is C5H7IO2. The average molecular weight is 226 g/mol. The van der Waals surface area contributed by atoms with Gasteiger partial charge in [0.05, 0.1) is 10.7 Å². The van der Waals surface area contributed by atoms with E-state index in [0.29, 0.717) is 3.58 Å². The molecule has 0 aliphatic rings. The van der Waals surface area contributed by atoms with Crippen LogP contribution in [-0.4, -0.2) is 13.1 Å². The number of methoxy groups -OCH3 is 1. The number of carbonyl (C=O) groups is 1. The Kier molecular flexibility index (Phi) is 3.85. The minimum absolute atomic E-state index is 0.270. The highest BCUT2D eigenvalue weighted by atomic mass is 127. The third-order valence-corrected chi connectivity index (χ3v) is 1.70. The molecule has 0 heterocycles. The molecule has 46 valence electrons. The largest absolute Gasteiger partial charge is 0.465 e. The van der Waals surface area contributed by atoms with E-state index < -0.39 is 0 Å². The molecule has 0 aromatic carbocycles. The van der Waals surface area contributed by atoms with E-state index in [1.165, 1.54) is 7.11 Å². The molecule has 0 fully saturated rings. The molecule has 0 N–H and O–H groups in total. The summed E-state index contributed by atoms with van der Waals surface area (Å²) in [6, 6.07) is 0. The average Bonchev–Trinajstić information content (AvgIpc) is 1.84. The summed E-state index contributed by atoms with van der Waals surface area (Å²) in [5.74, 6) is -0.270. The zero-order valence-electron chi connectivity index (χ0n) is 4.77. The van der Waals surface area contributed by atoms with E-state index in [9.17, 15) is 4.79 Å². The quantitative estimate of drug-likeness (QED) is 0.384. The summed E-state index contributed by atoms with van der Waals surface area (Å²) in [7, 11) is 1.37. The van der Waals surface area contributed by atoms with Crippen molar-refractivity contribution in [2.24, 2.45) is 0 Å². The van der Waals surface area contributed by atoms with Crippen molar-refractivity contribution in [1.29, 1.82) is 0 Å². The first kappa shape index (κ1) is 7.94. The molecule has 0 aromatic heterocycles. The van der Waals surface area contributed by atoms with E-state index >= 15 is 0 Å². The van der Waals surface area contributed by atoms with Gasteiger partial charge in [-0.1, -0.05) is 6.08 Å². The van der Waals surface area contributed by atoms with Gasteiger partial charge in [0.25, 0.3) is 0 Å². The number of hydrogen-bond donors (Lipinski definition) is 0. The van der Waals surface area contributed by atoms with E-state index in [4.69, 9.17) is 0 Å². The van der Waals surface area contributed by atoms with Gasteiger partial charge in [0.2, 0.25) is 0 Å². The standard InChI is InChI=1S/C5H7IO2/c1-3-4(6)5(7)8-2/h3H,1-2H3/b4-3+. The van der Waals surface area contributed by atoms with Crippen molar-refractivity contribution in [1.82, 2.24) is 0 Å². The van der Waals surface area contributed by atoms with Crippen molar-refractivity contribution >= 4 is 28.6 Å². The Labute approximate surface area is 62.0 Å². The number of esters is 1. The molecule has 0 atom stereocenters. The van der Waals surface area contributed by atoms with E-state index in [1.807, 2.05) is 22.6 Å². The molecule has 0 amide bonds. The van der Waals surface area contributed by atoms with Crippen molar-refractivity contribution in [2.75, 3.05) is 7.11 Å². The first-order chi connectivity index (χ1) is 3.72. The van der Waals surface area contributed by atoms with E-state index in [-0.39, 0.29) is 5.97 Å². The summed E-state index contributed by atoms with van der Waals surface area (Å²) in [5, 5.41) is 0. The lowest BCUT2D eigenvalue weighted by molar-refractivity contribution is -0.135. The predicted octanol–water partition coefficient (Wildman–Crippen LogP) is 1.50. The maximum Gasteiger partial charge on any atom is 0.343 e. The third kappa shape index (κ3) is 2.30. The summed E-state index contributed by atoms with van der Waals surface area (Å²) in [6.07, 6.45) is 1.70. The molecule has 0 saturated heterocycles. The molecule has 0 bridgehead atoms. The molecule has 0 aromatic rings. The number of carbonyl (C=O) groups excluding carboxylic acids is 1. The van der Waals surface area contributed by atoms with E-state index in [1.54, 1.807) is 13.0 Å². The number of halogens is 1. The van der Waals surface area contributed by atoms with Crippen LogP contribution in [0.2, 0.25) is 0 Å². The van der Waals surface area contributed by atoms with Gasteiger partial charge in [-0.25, -0.2) is 4.79 Å². The first-order valence-electron chi connectivity index (χ1n) is 2.12. The van der Waals surface area contributed by atoms with Crippen LogP contribution in [-0.2, 0) is 9.53 Å². The monoisotopic (exact) mass is 226 g/mol. The Balaban J connectivity index is 3.83. The van der Waals surface area contributed by atoms with Gasteiger partial charge in [-0.05, 0) is 29.5 Å². The summed E-state index contributed by atoms with van der Waals surface area (Å²) in [6.45, 7) is 1.79. The van der Waals surface area contributed by atoms with Crippen LogP contribution in [0.25, 0.3) is 0 Å². The molecule has 0 aliphatic carbocycles. The SMILES string of the molecule is C/C=C(/I)C(=O)OC. The number of rotatable bonds is 1. The second-order valence-corrected chi connectivity index (χ2v) is 2.29. The van der Waals surface area contributed by atoms with Gasteiger partial charge in [-0.3, -0.25) is 0 Å². The highest BCUT2D eigenvalue weighted by molar-refractivity contribution is 14.1. The maximum atomic E-state index is 10.4. The van der Waals surface area contributed by atoms with Gasteiger partial charge in [0, 0.05) is 0 Å². The van der Waals surface area contributed by atoms with Crippen LogP contribution in [0, 0.1) is 0 Å². The third-order valence-electron chi connectivity index (χ3n) is 0.634. The minimum atomic E-state index is -0.270. The Morgan fingerprint density at radius 1 is 1.75 bits per heavy atom. The normalized spacial score (nSPS) is 11.1. The van der Waals surface area contributed by atoms with Crippen molar-refractivity contribution in [2.45, 2.75) is 6.92 Å². The lowest BCUT2D eigenvalue weighted by atomic mass is 10.5. The fraction of sp³-hybridized carbons (Fsp3) is 0.400. The zero-order chi connectivity index (χ0) is 6.57. The Morgan fingerprint density at radius 2 is 2.25 bits per heavy atom. The van der Waals surface area contributed by atoms with Crippen LogP contribution >= 0.6 is 22.6 Å². The number of ether oxygens (including phenoxy) is 1. The van der Waals surface area contributed by atoms with Crippen molar-refractivity contribution in [3.05, 3.63) is 9.66 Å². The topological polar surface area (TPSA) is 26.3 Å². The molecule has 0 radical (unpaired) electrons. The molecule has 0 spiro atoms. The molecule has 8 heavy (non-hydrogen) atoms. The molecule has 0 unspecified atom stereocenters. The first-order valence-corrected chi connectivity index (χ1v) is 3.20. The maximum absolute atomic E-state index is 10.4. The van der Waals surface area contributed by atoms with Gasteiger partial charge in [-0.2, -0.15) is 0 Å². The molecular weight excluding hydrogens is 219 g/mol. The van der Waals surface area contributed by atoms with Gasteiger partial charge in [0.15, 0.2) is 0 Å². The van der Waals surface area contributed by atoms with Crippen LogP contribution in [0.1, 0.15) is 6.92 Å². The second kappa shape index (κ2) is 3.88. The van der Waals surface area contributed by atoms with Gasteiger partial charge in [-0.15, -0.1) is 0 Å².